The van der Waals surface area contributed by atoms with E-state index in [2.05, 4.69) is 9.97 Å². The van der Waals surface area contributed by atoms with Crippen LogP contribution in [-0.2, 0) is 0 Å². The van der Waals surface area contributed by atoms with Crippen LogP contribution < -0.4 is 9.47 Å². The highest BCUT2D eigenvalue weighted by Crippen LogP contribution is 2.23. The van der Waals surface area contributed by atoms with Gasteiger partial charge in [0.25, 0.3) is 0 Å². The predicted octanol–water partition coefficient (Wildman–Crippen LogP) is 4.91. The Kier molecular flexibility index (Phi) is 5.51. The molecule has 3 rings (SSSR count). The standard InChI is InChI=1S/C18H14Cl2N2O2/c19-14-8-6-13(7-9-14)18-21-16(20)12-17(22-18)24-11-10-23-15-4-2-1-3-5-15/h1-9,12H,10-11H2. The second-order valence-electron chi connectivity index (χ2n) is 4.87. The molecule has 0 aliphatic carbocycles. The summed E-state index contributed by atoms with van der Waals surface area (Å²) < 4.78 is 11.2. The van der Waals surface area contributed by atoms with Gasteiger partial charge in [-0.05, 0) is 36.4 Å². The molecule has 0 saturated heterocycles. The van der Waals surface area contributed by atoms with Crippen LogP contribution in [0.5, 0.6) is 11.6 Å². The summed E-state index contributed by atoms with van der Waals surface area (Å²) in [6.45, 7) is 0.754. The van der Waals surface area contributed by atoms with Crippen LogP contribution in [0, 0.1) is 0 Å². The van der Waals surface area contributed by atoms with Crippen LogP contribution in [0.15, 0.2) is 60.7 Å². The Morgan fingerprint density at radius 2 is 1.50 bits per heavy atom. The highest BCUT2D eigenvalue weighted by Gasteiger charge is 2.07. The van der Waals surface area contributed by atoms with Gasteiger partial charge in [0.15, 0.2) is 5.82 Å². The normalized spacial score (nSPS) is 10.4. The minimum atomic E-state index is 0.314. The molecular weight excluding hydrogens is 347 g/mol. The highest BCUT2D eigenvalue weighted by molar-refractivity contribution is 6.30. The van der Waals surface area contributed by atoms with E-state index in [-0.39, 0.29) is 0 Å². The Balaban J connectivity index is 1.62. The Labute approximate surface area is 150 Å². The van der Waals surface area contributed by atoms with Crippen LogP contribution in [0.3, 0.4) is 0 Å². The summed E-state index contributed by atoms with van der Waals surface area (Å²) in [4.78, 5) is 8.57. The maximum absolute atomic E-state index is 6.05. The molecule has 24 heavy (non-hydrogen) atoms. The van der Waals surface area contributed by atoms with Crippen LogP contribution in [0.25, 0.3) is 11.4 Å². The van der Waals surface area contributed by atoms with Gasteiger partial charge < -0.3 is 9.47 Å². The first-order valence-corrected chi connectivity index (χ1v) is 8.07. The zero-order valence-corrected chi connectivity index (χ0v) is 14.2. The number of aromatic nitrogens is 2. The van der Waals surface area contributed by atoms with Crippen molar-refractivity contribution in [3.05, 3.63) is 70.8 Å². The smallest absolute Gasteiger partial charge is 0.218 e. The summed E-state index contributed by atoms with van der Waals surface area (Å²) >= 11 is 11.9. The number of benzene rings is 2. The molecule has 0 unspecified atom stereocenters. The molecule has 0 N–H and O–H groups in total. The maximum atomic E-state index is 6.05. The summed E-state index contributed by atoms with van der Waals surface area (Å²) in [5, 5.41) is 0.962. The summed E-state index contributed by atoms with van der Waals surface area (Å²) in [5.41, 5.74) is 0.812. The number of nitrogens with zero attached hydrogens (tertiary/aromatic N) is 2. The van der Waals surface area contributed by atoms with Crippen molar-refractivity contribution in [2.24, 2.45) is 0 Å². The van der Waals surface area contributed by atoms with Crippen molar-refractivity contribution in [3.63, 3.8) is 0 Å². The average Bonchev–Trinajstić information content (AvgIpc) is 2.60. The van der Waals surface area contributed by atoms with Gasteiger partial charge in [0.2, 0.25) is 5.88 Å². The van der Waals surface area contributed by atoms with E-state index in [0.29, 0.717) is 35.1 Å². The van der Waals surface area contributed by atoms with Crippen molar-refractivity contribution < 1.29 is 9.47 Å². The predicted molar refractivity (Wildman–Crippen MR) is 94.9 cm³/mol. The second kappa shape index (κ2) is 7.99. The fourth-order valence-electron chi connectivity index (χ4n) is 2.02. The van der Waals surface area contributed by atoms with Crippen LogP contribution in [0.4, 0.5) is 0 Å². The fraction of sp³-hybridized carbons (Fsp3) is 0.111. The summed E-state index contributed by atoms with van der Waals surface area (Å²) in [6, 6.07) is 18.3. The van der Waals surface area contributed by atoms with E-state index < -0.39 is 0 Å². The van der Waals surface area contributed by atoms with Crippen molar-refractivity contribution in [1.82, 2.24) is 9.97 Å². The van der Waals surface area contributed by atoms with E-state index in [0.717, 1.165) is 11.3 Å². The van der Waals surface area contributed by atoms with Gasteiger partial charge in [-0.1, -0.05) is 41.4 Å². The van der Waals surface area contributed by atoms with Gasteiger partial charge in [0.1, 0.15) is 24.1 Å². The van der Waals surface area contributed by atoms with Crippen molar-refractivity contribution in [1.29, 1.82) is 0 Å². The van der Waals surface area contributed by atoms with Crippen LogP contribution in [-0.4, -0.2) is 23.2 Å². The molecule has 3 aromatic rings. The Hall–Kier alpha value is -2.30. The Morgan fingerprint density at radius 3 is 2.25 bits per heavy atom. The molecule has 1 aromatic heterocycles. The van der Waals surface area contributed by atoms with Crippen molar-refractivity contribution in [2.45, 2.75) is 0 Å². The second-order valence-corrected chi connectivity index (χ2v) is 5.69. The third-order valence-electron chi connectivity index (χ3n) is 3.12. The molecule has 0 aliphatic heterocycles. The third kappa shape index (κ3) is 4.60. The lowest BCUT2D eigenvalue weighted by Crippen LogP contribution is -2.10. The molecule has 0 bridgehead atoms. The first kappa shape index (κ1) is 16.6. The number of ether oxygens (including phenoxy) is 2. The molecule has 6 heteroatoms. The van der Waals surface area contributed by atoms with Crippen molar-refractivity contribution in [3.8, 4) is 23.0 Å². The number of para-hydroxylation sites is 1. The van der Waals surface area contributed by atoms with Crippen molar-refractivity contribution in [2.75, 3.05) is 13.2 Å². The number of hydrogen-bond acceptors (Lipinski definition) is 4. The lowest BCUT2D eigenvalue weighted by molar-refractivity contribution is 0.212. The van der Waals surface area contributed by atoms with Gasteiger partial charge in [-0.25, -0.2) is 4.98 Å². The van der Waals surface area contributed by atoms with Gasteiger partial charge >= 0.3 is 0 Å². The van der Waals surface area contributed by atoms with Crippen molar-refractivity contribution >= 4 is 23.2 Å². The molecule has 1 heterocycles. The zero-order chi connectivity index (χ0) is 16.8. The lowest BCUT2D eigenvalue weighted by Gasteiger charge is -2.09. The first-order chi connectivity index (χ1) is 11.7. The lowest BCUT2D eigenvalue weighted by atomic mass is 10.2. The molecule has 0 fully saturated rings. The van der Waals surface area contributed by atoms with Crippen LogP contribution in [0.1, 0.15) is 0 Å². The minimum absolute atomic E-state index is 0.314. The highest BCUT2D eigenvalue weighted by atomic mass is 35.5. The Bertz CT molecular complexity index is 796. The van der Waals surface area contributed by atoms with E-state index in [4.69, 9.17) is 32.7 Å². The summed E-state index contributed by atoms with van der Waals surface area (Å²) in [6.07, 6.45) is 0. The number of hydrogen-bond donors (Lipinski definition) is 0. The largest absolute Gasteiger partial charge is 0.490 e. The van der Waals surface area contributed by atoms with Gasteiger partial charge in [-0.15, -0.1) is 0 Å². The van der Waals surface area contributed by atoms with E-state index in [9.17, 15) is 0 Å². The molecule has 0 amide bonds. The minimum Gasteiger partial charge on any atom is -0.490 e. The molecule has 4 nitrogen and oxygen atoms in total. The molecule has 0 aliphatic rings. The summed E-state index contributed by atoms with van der Waals surface area (Å²) in [5.74, 6) is 1.68. The van der Waals surface area contributed by atoms with Gasteiger partial charge in [0, 0.05) is 16.7 Å². The molecule has 122 valence electrons. The zero-order valence-electron chi connectivity index (χ0n) is 12.7. The average molecular weight is 361 g/mol. The van der Waals surface area contributed by atoms with E-state index in [1.54, 1.807) is 18.2 Å². The molecule has 2 aromatic carbocycles. The quantitative estimate of drug-likeness (QED) is 0.462. The van der Waals surface area contributed by atoms with Crippen LogP contribution in [0.2, 0.25) is 10.2 Å². The maximum Gasteiger partial charge on any atom is 0.218 e. The van der Waals surface area contributed by atoms with E-state index >= 15 is 0 Å². The van der Waals surface area contributed by atoms with E-state index in [1.807, 2.05) is 42.5 Å². The number of halogens is 2. The molecule has 0 spiro atoms. The molecule has 0 atom stereocenters. The van der Waals surface area contributed by atoms with Crippen LogP contribution >= 0.6 is 23.2 Å². The summed E-state index contributed by atoms with van der Waals surface area (Å²) in [7, 11) is 0. The van der Waals surface area contributed by atoms with E-state index in [1.165, 1.54) is 0 Å². The van der Waals surface area contributed by atoms with Gasteiger partial charge in [-0.3, -0.25) is 0 Å². The van der Waals surface area contributed by atoms with Gasteiger partial charge in [0.05, 0.1) is 0 Å². The topological polar surface area (TPSA) is 44.2 Å². The van der Waals surface area contributed by atoms with Gasteiger partial charge in [-0.2, -0.15) is 4.98 Å². The third-order valence-corrected chi connectivity index (χ3v) is 3.56. The molecule has 0 radical (unpaired) electrons. The number of rotatable bonds is 6. The molecular formula is C18H14Cl2N2O2. The molecule has 0 saturated carbocycles. The monoisotopic (exact) mass is 360 g/mol. The first-order valence-electron chi connectivity index (χ1n) is 7.32. The SMILES string of the molecule is Clc1ccc(-c2nc(Cl)cc(OCCOc3ccccc3)n2)cc1. The Morgan fingerprint density at radius 1 is 0.792 bits per heavy atom. The fourth-order valence-corrected chi connectivity index (χ4v) is 2.32.